The quantitative estimate of drug-likeness (QED) is 0.314. The predicted molar refractivity (Wildman–Crippen MR) is 140 cm³/mol. The first-order valence-corrected chi connectivity index (χ1v) is 12.7. The maximum atomic E-state index is 13.5. The van der Waals surface area contributed by atoms with Gasteiger partial charge in [0.1, 0.15) is 12.4 Å². The number of ether oxygens (including phenoxy) is 2. The molecule has 0 spiro atoms. The largest absolute Gasteiger partial charge is 0.494 e. The van der Waals surface area contributed by atoms with E-state index in [1.165, 1.54) is 12.1 Å². The molecule has 1 heterocycles. The van der Waals surface area contributed by atoms with Crippen LogP contribution in [0.3, 0.4) is 0 Å². The van der Waals surface area contributed by atoms with Gasteiger partial charge in [-0.3, -0.25) is 4.79 Å². The van der Waals surface area contributed by atoms with Gasteiger partial charge in [0.15, 0.2) is 5.54 Å². The van der Waals surface area contributed by atoms with Crippen LogP contribution in [0.1, 0.15) is 28.7 Å². The van der Waals surface area contributed by atoms with E-state index in [1.807, 2.05) is 24.3 Å². The zero-order chi connectivity index (χ0) is 27.2. The van der Waals surface area contributed by atoms with Crippen molar-refractivity contribution < 1.29 is 32.5 Å². The molecule has 0 saturated carbocycles. The van der Waals surface area contributed by atoms with Crippen LogP contribution >= 0.6 is 15.9 Å². The number of rotatable bonds is 10. The fraction of sp³-hybridized carbons (Fsp3) is 0.286. The number of benzene rings is 3. The number of aliphatic hydroxyl groups is 1. The Balaban J connectivity index is 1.55. The summed E-state index contributed by atoms with van der Waals surface area (Å²) in [6, 6.07) is 19.4. The Kier molecular flexibility index (Phi) is 8.73. The van der Waals surface area contributed by atoms with E-state index >= 15 is 0 Å². The lowest BCUT2D eigenvalue weighted by atomic mass is 9.91. The number of carbonyl (C=O) groups excluding carboxylic acids is 1. The Morgan fingerprint density at radius 3 is 2.50 bits per heavy atom. The second-order valence-corrected chi connectivity index (χ2v) is 9.79. The average Bonchev–Trinajstić information content (AvgIpc) is 3.34. The van der Waals surface area contributed by atoms with Gasteiger partial charge in [0.05, 0.1) is 12.2 Å². The van der Waals surface area contributed by atoms with Crippen LogP contribution in [-0.4, -0.2) is 42.3 Å². The fourth-order valence-electron chi connectivity index (χ4n) is 3.97. The van der Waals surface area contributed by atoms with Crippen molar-refractivity contribution in [2.75, 3.05) is 19.8 Å². The summed E-state index contributed by atoms with van der Waals surface area (Å²) in [5.41, 5.74) is -0.248. The van der Waals surface area contributed by atoms with Crippen LogP contribution in [0.4, 0.5) is 13.2 Å². The SMILES string of the molecule is O=C(NCc1cccc(C(F)(F)F)c1)[C@@]1(Cc2ccc(Br)cc2)COC(c2ccc(OCCCO)cc2)=N1. The molecule has 0 bridgehead atoms. The molecule has 0 saturated heterocycles. The van der Waals surface area contributed by atoms with E-state index in [4.69, 9.17) is 19.6 Å². The zero-order valence-corrected chi connectivity index (χ0v) is 21.9. The highest BCUT2D eigenvalue weighted by molar-refractivity contribution is 9.10. The van der Waals surface area contributed by atoms with Crippen LogP contribution in [0.2, 0.25) is 0 Å². The van der Waals surface area contributed by atoms with Gasteiger partial charge >= 0.3 is 6.18 Å². The Bertz CT molecular complexity index is 1280. The van der Waals surface area contributed by atoms with Crippen molar-refractivity contribution in [3.63, 3.8) is 0 Å². The van der Waals surface area contributed by atoms with E-state index in [2.05, 4.69) is 21.2 Å². The smallest absolute Gasteiger partial charge is 0.416 e. The molecule has 0 radical (unpaired) electrons. The lowest BCUT2D eigenvalue weighted by Crippen LogP contribution is -2.48. The van der Waals surface area contributed by atoms with Crippen LogP contribution in [0.5, 0.6) is 5.75 Å². The topological polar surface area (TPSA) is 80.2 Å². The summed E-state index contributed by atoms with van der Waals surface area (Å²) in [5, 5.41) is 11.7. The van der Waals surface area contributed by atoms with Gasteiger partial charge in [0.2, 0.25) is 5.90 Å². The van der Waals surface area contributed by atoms with Crippen LogP contribution in [0, 0.1) is 0 Å². The molecule has 38 heavy (non-hydrogen) atoms. The summed E-state index contributed by atoms with van der Waals surface area (Å²) >= 11 is 3.40. The summed E-state index contributed by atoms with van der Waals surface area (Å²) in [7, 11) is 0. The first-order chi connectivity index (χ1) is 18.2. The van der Waals surface area contributed by atoms with Gasteiger partial charge in [-0.05, 0) is 59.7 Å². The summed E-state index contributed by atoms with van der Waals surface area (Å²) < 4.78 is 51.7. The second-order valence-electron chi connectivity index (χ2n) is 8.87. The van der Waals surface area contributed by atoms with Gasteiger partial charge in [-0.15, -0.1) is 0 Å². The zero-order valence-electron chi connectivity index (χ0n) is 20.3. The molecule has 1 aliphatic rings. The molecular formula is C28H26BrF3N2O4. The first kappa shape index (κ1) is 27.7. The molecule has 0 aromatic heterocycles. The highest BCUT2D eigenvalue weighted by Crippen LogP contribution is 2.30. The van der Waals surface area contributed by atoms with Crippen molar-refractivity contribution in [3.8, 4) is 5.75 Å². The predicted octanol–water partition coefficient (Wildman–Crippen LogP) is 5.30. The molecule has 0 aliphatic carbocycles. The van der Waals surface area contributed by atoms with Crippen molar-refractivity contribution >= 4 is 27.7 Å². The summed E-state index contributed by atoms with van der Waals surface area (Å²) in [4.78, 5) is 18.2. The van der Waals surface area contributed by atoms with Crippen molar-refractivity contribution in [2.24, 2.45) is 4.99 Å². The van der Waals surface area contributed by atoms with E-state index in [9.17, 15) is 18.0 Å². The van der Waals surface area contributed by atoms with Crippen molar-refractivity contribution in [1.82, 2.24) is 5.32 Å². The number of amides is 1. The molecule has 6 nitrogen and oxygen atoms in total. The number of nitrogens with zero attached hydrogens (tertiary/aromatic N) is 1. The third-order valence-electron chi connectivity index (χ3n) is 5.98. The van der Waals surface area contributed by atoms with Crippen LogP contribution in [-0.2, 0) is 28.7 Å². The van der Waals surface area contributed by atoms with Crippen molar-refractivity contribution in [3.05, 3.63) is 99.5 Å². The van der Waals surface area contributed by atoms with Crippen LogP contribution in [0.15, 0.2) is 82.3 Å². The fourth-order valence-corrected chi connectivity index (χ4v) is 4.24. The van der Waals surface area contributed by atoms with Gasteiger partial charge in [0.25, 0.3) is 5.91 Å². The summed E-state index contributed by atoms with van der Waals surface area (Å²) in [6.45, 7) is 0.311. The number of carbonyl (C=O) groups is 1. The van der Waals surface area contributed by atoms with Crippen molar-refractivity contribution in [1.29, 1.82) is 0 Å². The molecule has 1 amide bonds. The third kappa shape index (κ3) is 6.93. The number of aliphatic hydroxyl groups excluding tert-OH is 1. The first-order valence-electron chi connectivity index (χ1n) is 11.9. The second kappa shape index (κ2) is 12.0. The minimum absolute atomic E-state index is 0.0262. The summed E-state index contributed by atoms with van der Waals surface area (Å²) in [6.07, 6.45) is -3.72. The molecule has 0 fully saturated rings. The highest BCUT2D eigenvalue weighted by Gasteiger charge is 2.44. The molecule has 0 unspecified atom stereocenters. The molecule has 4 rings (SSSR count). The number of aliphatic imine (C=N–C) groups is 1. The molecule has 1 aliphatic heterocycles. The molecule has 1 atom stereocenters. The minimum atomic E-state index is -4.47. The van der Waals surface area contributed by atoms with E-state index in [-0.39, 0.29) is 26.2 Å². The number of alkyl halides is 3. The van der Waals surface area contributed by atoms with Crippen LogP contribution < -0.4 is 10.1 Å². The Hall–Kier alpha value is -3.37. The van der Waals surface area contributed by atoms with E-state index < -0.39 is 23.2 Å². The molecule has 3 aromatic rings. The van der Waals surface area contributed by atoms with Gasteiger partial charge in [0, 0.05) is 36.0 Å². The molecule has 2 N–H and O–H groups in total. The standard InChI is InChI=1S/C28H26BrF3N2O4/c29-23-9-5-19(6-10-23)16-27(26(36)33-17-20-3-1-4-22(15-20)28(30,31)32)18-38-25(34-27)21-7-11-24(12-8-21)37-14-2-13-35/h1,3-12,15,35H,2,13-14,16-18H2,(H,33,36)/t27-/m1/s1. The number of halogens is 4. The Labute approximate surface area is 226 Å². The third-order valence-corrected chi connectivity index (χ3v) is 6.50. The molecule has 3 aromatic carbocycles. The van der Waals surface area contributed by atoms with E-state index in [1.54, 1.807) is 24.3 Å². The average molecular weight is 591 g/mol. The Morgan fingerprint density at radius 2 is 1.82 bits per heavy atom. The van der Waals surface area contributed by atoms with E-state index in [0.717, 1.165) is 22.2 Å². The minimum Gasteiger partial charge on any atom is -0.494 e. The monoisotopic (exact) mass is 590 g/mol. The number of nitrogens with one attached hydrogen (secondary N) is 1. The maximum Gasteiger partial charge on any atom is 0.416 e. The van der Waals surface area contributed by atoms with E-state index in [0.29, 0.717) is 35.8 Å². The number of hydrogen-bond acceptors (Lipinski definition) is 5. The lowest BCUT2D eigenvalue weighted by Gasteiger charge is -2.23. The lowest BCUT2D eigenvalue weighted by molar-refractivity contribution is -0.137. The van der Waals surface area contributed by atoms with Gasteiger partial charge in [-0.2, -0.15) is 13.2 Å². The van der Waals surface area contributed by atoms with Gasteiger partial charge in [-0.25, -0.2) is 4.99 Å². The summed E-state index contributed by atoms with van der Waals surface area (Å²) in [5.74, 6) is 0.468. The van der Waals surface area contributed by atoms with Crippen molar-refractivity contribution in [2.45, 2.75) is 31.1 Å². The molecular weight excluding hydrogens is 565 g/mol. The Morgan fingerprint density at radius 1 is 1.08 bits per heavy atom. The maximum absolute atomic E-state index is 13.5. The van der Waals surface area contributed by atoms with Crippen LogP contribution in [0.25, 0.3) is 0 Å². The van der Waals surface area contributed by atoms with Gasteiger partial charge in [-0.1, -0.05) is 40.2 Å². The number of hydrogen-bond donors (Lipinski definition) is 2. The normalized spacial score (nSPS) is 17.0. The van der Waals surface area contributed by atoms with Gasteiger partial charge < -0.3 is 19.9 Å². The molecule has 10 heteroatoms. The molecule has 200 valence electrons. The highest BCUT2D eigenvalue weighted by atomic mass is 79.9.